The van der Waals surface area contributed by atoms with E-state index in [4.69, 9.17) is 5.73 Å². The van der Waals surface area contributed by atoms with Crippen LogP contribution >= 0.6 is 15.9 Å². The Morgan fingerprint density at radius 2 is 2.25 bits per heavy atom. The van der Waals surface area contributed by atoms with Crippen molar-refractivity contribution in [1.29, 1.82) is 0 Å². The largest absolute Gasteiger partial charge is 0.349 e. The standard InChI is InChI=1S/C10H14BrF2N3/c1-7-2-4-15-10(9(7)11)16(5-3-14)6-8(12)13/h2,4,8H,3,5-6,14H2,1H3. The van der Waals surface area contributed by atoms with Gasteiger partial charge < -0.3 is 10.6 Å². The summed E-state index contributed by atoms with van der Waals surface area (Å²) in [5.41, 5.74) is 6.36. The third-order valence-corrected chi connectivity index (χ3v) is 3.10. The van der Waals surface area contributed by atoms with Crippen molar-refractivity contribution < 1.29 is 8.78 Å². The molecule has 0 saturated carbocycles. The molecule has 1 heterocycles. The zero-order valence-corrected chi connectivity index (χ0v) is 10.5. The molecule has 90 valence electrons. The van der Waals surface area contributed by atoms with Crippen LogP contribution in [0.5, 0.6) is 0 Å². The first-order valence-corrected chi connectivity index (χ1v) is 5.69. The van der Waals surface area contributed by atoms with Crippen molar-refractivity contribution in [2.45, 2.75) is 13.3 Å². The number of nitrogens with two attached hydrogens (primary N) is 1. The second-order valence-corrected chi connectivity index (χ2v) is 4.18. The van der Waals surface area contributed by atoms with Crippen LogP contribution in [0.15, 0.2) is 16.7 Å². The van der Waals surface area contributed by atoms with E-state index in [0.717, 1.165) is 10.0 Å². The summed E-state index contributed by atoms with van der Waals surface area (Å²) in [6.45, 7) is 2.21. The van der Waals surface area contributed by atoms with E-state index in [1.54, 1.807) is 6.20 Å². The van der Waals surface area contributed by atoms with Gasteiger partial charge in [-0.3, -0.25) is 0 Å². The minimum Gasteiger partial charge on any atom is -0.349 e. The third kappa shape index (κ3) is 3.38. The van der Waals surface area contributed by atoms with Gasteiger partial charge in [-0.2, -0.15) is 0 Å². The molecule has 0 aliphatic rings. The average molecular weight is 294 g/mol. The Morgan fingerprint density at radius 3 is 2.81 bits per heavy atom. The van der Waals surface area contributed by atoms with Gasteiger partial charge in [-0.15, -0.1) is 0 Å². The molecule has 0 aliphatic heterocycles. The molecule has 0 atom stereocenters. The summed E-state index contributed by atoms with van der Waals surface area (Å²) in [5, 5.41) is 0. The molecule has 0 amide bonds. The van der Waals surface area contributed by atoms with Gasteiger partial charge in [0.1, 0.15) is 5.82 Å². The monoisotopic (exact) mass is 293 g/mol. The Morgan fingerprint density at radius 1 is 1.56 bits per heavy atom. The number of pyridine rings is 1. The van der Waals surface area contributed by atoms with Crippen LogP contribution in [0.4, 0.5) is 14.6 Å². The van der Waals surface area contributed by atoms with Crippen LogP contribution in [0.25, 0.3) is 0 Å². The molecule has 0 spiro atoms. The Hall–Kier alpha value is -0.750. The highest BCUT2D eigenvalue weighted by atomic mass is 79.9. The number of nitrogens with zero attached hydrogens (tertiary/aromatic N) is 2. The number of anilines is 1. The lowest BCUT2D eigenvalue weighted by atomic mass is 10.3. The second kappa shape index (κ2) is 6.10. The molecule has 2 N–H and O–H groups in total. The van der Waals surface area contributed by atoms with E-state index in [0.29, 0.717) is 18.9 Å². The summed E-state index contributed by atoms with van der Waals surface area (Å²) in [6.07, 6.45) is -0.800. The molecule has 0 radical (unpaired) electrons. The minimum atomic E-state index is -2.40. The fraction of sp³-hybridized carbons (Fsp3) is 0.500. The fourth-order valence-electron chi connectivity index (χ4n) is 1.35. The Kier molecular flexibility index (Phi) is 5.08. The van der Waals surface area contributed by atoms with Gasteiger partial charge in [0, 0.05) is 19.3 Å². The molecule has 6 heteroatoms. The molecule has 0 saturated heterocycles. The van der Waals surface area contributed by atoms with Crippen molar-refractivity contribution in [1.82, 2.24) is 4.98 Å². The van der Waals surface area contributed by atoms with E-state index >= 15 is 0 Å². The molecule has 1 rings (SSSR count). The van der Waals surface area contributed by atoms with E-state index in [1.807, 2.05) is 13.0 Å². The van der Waals surface area contributed by atoms with Crippen LogP contribution < -0.4 is 10.6 Å². The van der Waals surface area contributed by atoms with Crippen LogP contribution in [0.3, 0.4) is 0 Å². The number of aromatic nitrogens is 1. The van der Waals surface area contributed by atoms with Crippen LogP contribution in [0.2, 0.25) is 0 Å². The SMILES string of the molecule is Cc1ccnc(N(CCN)CC(F)F)c1Br. The smallest absolute Gasteiger partial charge is 0.255 e. The summed E-state index contributed by atoms with van der Waals surface area (Å²) in [7, 11) is 0. The lowest BCUT2D eigenvalue weighted by molar-refractivity contribution is 0.154. The zero-order chi connectivity index (χ0) is 12.1. The maximum atomic E-state index is 12.4. The van der Waals surface area contributed by atoms with Gasteiger partial charge in [0.2, 0.25) is 0 Å². The Labute approximate surface area is 102 Å². The van der Waals surface area contributed by atoms with E-state index in [2.05, 4.69) is 20.9 Å². The zero-order valence-electron chi connectivity index (χ0n) is 8.96. The topological polar surface area (TPSA) is 42.2 Å². The number of aryl methyl sites for hydroxylation is 1. The molecule has 0 unspecified atom stereocenters. The number of hydrogen-bond donors (Lipinski definition) is 1. The Balaban J connectivity index is 2.96. The number of rotatable bonds is 5. The normalized spacial score (nSPS) is 10.9. The molecule has 3 nitrogen and oxygen atoms in total. The molecule has 0 aromatic carbocycles. The van der Waals surface area contributed by atoms with E-state index in [1.165, 1.54) is 4.90 Å². The fourth-order valence-corrected chi connectivity index (χ4v) is 1.84. The lowest BCUT2D eigenvalue weighted by Gasteiger charge is -2.24. The Bertz CT molecular complexity index is 347. The maximum absolute atomic E-state index is 12.4. The van der Waals surface area contributed by atoms with E-state index in [-0.39, 0.29) is 6.54 Å². The predicted octanol–water partition coefficient (Wildman–Crippen LogP) is 2.18. The summed E-state index contributed by atoms with van der Waals surface area (Å²) < 4.78 is 25.5. The maximum Gasteiger partial charge on any atom is 0.255 e. The number of alkyl halides is 2. The minimum absolute atomic E-state index is 0.314. The quantitative estimate of drug-likeness (QED) is 0.905. The highest BCUT2D eigenvalue weighted by Gasteiger charge is 2.16. The molecule has 0 bridgehead atoms. The summed E-state index contributed by atoms with van der Waals surface area (Å²) in [4.78, 5) is 5.59. The predicted molar refractivity (Wildman–Crippen MR) is 63.9 cm³/mol. The molecule has 0 aliphatic carbocycles. The van der Waals surface area contributed by atoms with Crippen molar-refractivity contribution in [3.8, 4) is 0 Å². The summed E-state index contributed by atoms with van der Waals surface area (Å²) in [6, 6.07) is 1.82. The van der Waals surface area contributed by atoms with Crippen molar-refractivity contribution >= 4 is 21.7 Å². The second-order valence-electron chi connectivity index (χ2n) is 3.39. The molecule has 1 aromatic rings. The van der Waals surface area contributed by atoms with Crippen molar-refractivity contribution in [2.75, 3.05) is 24.5 Å². The van der Waals surface area contributed by atoms with Gasteiger partial charge in [0.25, 0.3) is 6.43 Å². The molecule has 16 heavy (non-hydrogen) atoms. The molecular formula is C10H14BrF2N3. The highest BCUT2D eigenvalue weighted by molar-refractivity contribution is 9.10. The van der Waals surface area contributed by atoms with Crippen molar-refractivity contribution in [2.24, 2.45) is 5.73 Å². The molecular weight excluding hydrogens is 280 g/mol. The van der Waals surface area contributed by atoms with Gasteiger partial charge in [0.15, 0.2) is 0 Å². The van der Waals surface area contributed by atoms with Gasteiger partial charge in [-0.05, 0) is 34.5 Å². The third-order valence-electron chi connectivity index (χ3n) is 2.12. The first kappa shape index (κ1) is 13.3. The van der Waals surface area contributed by atoms with Crippen LogP contribution in [0, 0.1) is 6.92 Å². The van der Waals surface area contributed by atoms with Crippen molar-refractivity contribution in [3.05, 3.63) is 22.3 Å². The van der Waals surface area contributed by atoms with Crippen LogP contribution in [-0.2, 0) is 0 Å². The lowest BCUT2D eigenvalue weighted by Crippen LogP contribution is -2.34. The van der Waals surface area contributed by atoms with Gasteiger partial charge in [-0.1, -0.05) is 0 Å². The van der Waals surface area contributed by atoms with Crippen LogP contribution in [0.1, 0.15) is 5.56 Å². The number of halogens is 3. The first-order chi connectivity index (χ1) is 7.56. The van der Waals surface area contributed by atoms with Crippen molar-refractivity contribution in [3.63, 3.8) is 0 Å². The first-order valence-electron chi connectivity index (χ1n) is 4.90. The summed E-state index contributed by atoms with van der Waals surface area (Å²) >= 11 is 3.35. The highest BCUT2D eigenvalue weighted by Crippen LogP contribution is 2.26. The van der Waals surface area contributed by atoms with Gasteiger partial charge in [-0.25, -0.2) is 13.8 Å². The van der Waals surface area contributed by atoms with Crippen LogP contribution in [-0.4, -0.2) is 31.0 Å². The average Bonchev–Trinajstić information content (AvgIpc) is 2.21. The van der Waals surface area contributed by atoms with E-state index < -0.39 is 6.43 Å². The number of hydrogen-bond acceptors (Lipinski definition) is 3. The van der Waals surface area contributed by atoms with Gasteiger partial charge >= 0.3 is 0 Å². The molecule has 0 fully saturated rings. The summed E-state index contributed by atoms with van der Waals surface area (Å²) in [5.74, 6) is 0.519. The van der Waals surface area contributed by atoms with Gasteiger partial charge in [0.05, 0.1) is 11.0 Å². The van der Waals surface area contributed by atoms with E-state index in [9.17, 15) is 8.78 Å². The molecule has 1 aromatic heterocycles.